The van der Waals surface area contributed by atoms with Gasteiger partial charge in [-0.05, 0) is 37.3 Å². The Kier molecular flexibility index (Phi) is 1.75. The zero-order valence-corrected chi connectivity index (χ0v) is 7.27. The van der Waals surface area contributed by atoms with Crippen LogP contribution in [0.2, 0.25) is 0 Å². The van der Waals surface area contributed by atoms with Crippen LogP contribution in [0, 0.1) is 18.6 Å². The van der Waals surface area contributed by atoms with Crippen molar-refractivity contribution in [2.24, 2.45) is 0 Å². The summed E-state index contributed by atoms with van der Waals surface area (Å²) >= 11 is 0. The minimum atomic E-state index is -0.778. The average Bonchev–Trinajstić information content (AvgIpc) is 2.84. The van der Waals surface area contributed by atoms with Crippen molar-refractivity contribution in [3.8, 4) is 5.75 Å². The van der Waals surface area contributed by atoms with Crippen LogP contribution >= 0.6 is 0 Å². The number of phenolic OH excluding ortho intramolecular Hbond substituents is 1. The molecule has 1 aromatic carbocycles. The summed E-state index contributed by atoms with van der Waals surface area (Å²) in [6.07, 6.45) is 1.63. The molecule has 0 saturated heterocycles. The van der Waals surface area contributed by atoms with Crippen LogP contribution in [0.1, 0.15) is 29.9 Å². The first-order chi connectivity index (χ1) is 6.11. The van der Waals surface area contributed by atoms with E-state index in [2.05, 4.69) is 0 Å². The number of phenols is 1. The number of aromatic hydroxyl groups is 1. The van der Waals surface area contributed by atoms with Crippen LogP contribution in [0.25, 0.3) is 0 Å². The largest absolute Gasteiger partial charge is 0.505 e. The Bertz CT molecular complexity index is 356. The van der Waals surface area contributed by atoms with E-state index in [0.717, 1.165) is 12.8 Å². The molecule has 0 aromatic heterocycles. The lowest BCUT2D eigenvalue weighted by molar-refractivity contribution is 0.418. The molecule has 13 heavy (non-hydrogen) atoms. The lowest BCUT2D eigenvalue weighted by Crippen LogP contribution is -1.95. The molecule has 0 amide bonds. The van der Waals surface area contributed by atoms with Gasteiger partial charge in [0.25, 0.3) is 0 Å². The molecule has 0 bridgehead atoms. The predicted octanol–water partition coefficient (Wildman–Crippen LogP) is 2.86. The third kappa shape index (κ3) is 1.28. The molecule has 0 unspecified atom stereocenters. The Morgan fingerprint density at radius 1 is 1.38 bits per heavy atom. The van der Waals surface area contributed by atoms with E-state index in [1.807, 2.05) is 0 Å². The number of halogens is 2. The Morgan fingerprint density at radius 3 is 2.54 bits per heavy atom. The summed E-state index contributed by atoms with van der Waals surface area (Å²) in [7, 11) is 0. The van der Waals surface area contributed by atoms with Gasteiger partial charge < -0.3 is 5.11 Å². The third-order valence-corrected chi connectivity index (χ3v) is 2.40. The highest BCUT2D eigenvalue weighted by molar-refractivity contribution is 5.41. The maximum Gasteiger partial charge on any atom is 0.171 e. The first-order valence-corrected chi connectivity index (χ1v) is 4.28. The van der Waals surface area contributed by atoms with Crippen LogP contribution in [0.15, 0.2) is 6.07 Å². The average molecular weight is 184 g/mol. The van der Waals surface area contributed by atoms with Gasteiger partial charge >= 0.3 is 0 Å². The molecule has 1 saturated carbocycles. The van der Waals surface area contributed by atoms with Gasteiger partial charge in [0.15, 0.2) is 11.6 Å². The lowest BCUT2D eigenvalue weighted by atomic mass is 10.1. The molecule has 2 rings (SSSR count). The van der Waals surface area contributed by atoms with E-state index < -0.39 is 17.4 Å². The standard InChI is InChI=1S/C10H10F2O/c1-5-4-7(11)8(6-2-3-6)9(12)10(5)13/h4,6,13H,2-3H2,1H3. The molecule has 70 valence electrons. The van der Waals surface area contributed by atoms with Gasteiger partial charge in [-0.1, -0.05) is 0 Å². The molecule has 1 N–H and O–H groups in total. The fourth-order valence-corrected chi connectivity index (χ4v) is 1.49. The second-order valence-electron chi connectivity index (χ2n) is 3.53. The molecule has 0 heterocycles. The highest BCUT2D eigenvalue weighted by atomic mass is 19.1. The molecule has 0 radical (unpaired) electrons. The van der Waals surface area contributed by atoms with Gasteiger partial charge in [0.1, 0.15) is 5.82 Å². The van der Waals surface area contributed by atoms with Crippen LogP contribution in [0.3, 0.4) is 0 Å². The molecule has 3 heteroatoms. The molecule has 1 aliphatic rings. The second-order valence-corrected chi connectivity index (χ2v) is 3.53. The maximum atomic E-state index is 13.3. The Hall–Kier alpha value is -1.12. The Morgan fingerprint density at radius 2 is 2.00 bits per heavy atom. The SMILES string of the molecule is Cc1cc(F)c(C2CC2)c(F)c1O. The molecule has 1 nitrogen and oxygen atoms in total. The van der Waals surface area contributed by atoms with E-state index in [9.17, 15) is 13.9 Å². The first kappa shape index (κ1) is 8.48. The Labute approximate surface area is 75.0 Å². The number of aryl methyl sites for hydroxylation is 1. The summed E-state index contributed by atoms with van der Waals surface area (Å²) in [4.78, 5) is 0. The van der Waals surface area contributed by atoms with E-state index in [4.69, 9.17) is 0 Å². The summed E-state index contributed by atoms with van der Waals surface area (Å²) in [5, 5.41) is 9.25. The van der Waals surface area contributed by atoms with Crippen molar-refractivity contribution < 1.29 is 13.9 Å². The number of benzene rings is 1. The van der Waals surface area contributed by atoms with E-state index in [1.54, 1.807) is 0 Å². The van der Waals surface area contributed by atoms with Crippen LogP contribution in [0.4, 0.5) is 8.78 Å². The van der Waals surface area contributed by atoms with Gasteiger partial charge in [0.05, 0.1) is 0 Å². The van der Waals surface area contributed by atoms with Gasteiger partial charge in [0.2, 0.25) is 0 Å². The number of hydrogen-bond acceptors (Lipinski definition) is 1. The minimum Gasteiger partial charge on any atom is -0.505 e. The topological polar surface area (TPSA) is 20.2 Å². The van der Waals surface area contributed by atoms with Crippen LogP contribution in [0.5, 0.6) is 5.75 Å². The smallest absolute Gasteiger partial charge is 0.171 e. The van der Waals surface area contributed by atoms with Crippen molar-refractivity contribution in [3.05, 3.63) is 28.8 Å². The lowest BCUT2D eigenvalue weighted by Gasteiger charge is -2.07. The Balaban J connectivity index is 2.60. The fraction of sp³-hybridized carbons (Fsp3) is 0.400. The van der Waals surface area contributed by atoms with E-state index >= 15 is 0 Å². The normalized spacial score (nSPS) is 16.2. The molecule has 1 fully saturated rings. The molecule has 0 aliphatic heterocycles. The minimum absolute atomic E-state index is 0.0218. The monoisotopic (exact) mass is 184 g/mol. The maximum absolute atomic E-state index is 13.3. The summed E-state index contributed by atoms with van der Waals surface area (Å²) in [6.45, 7) is 1.48. The highest BCUT2D eigenvalue weighted by Crippen LogP contribution is 2.44. The molecule has 1 aliphatic carbocycles. The highest BCUT2D eigenvalue weighted by Gasteiger charge is 2.31. The third-order valence-electron chi connectivity index (χ3n) is 2.40. The van der Waals surface area contributed by atoms with Crippen molar-refractivity contribution in [2.45, 2.75) is 25.7 Å². The predicted molar refractivity (Wildman–Crippen MR) is 44.7 cm³/mol. The zero-order valence-electron chi connectivity index (χ0n) is 7.27. The van der Waals surface area contributed by atoms with Crippen molar-refractivity contribution in [3.63, 3.8) is 0 Å². The zero-order chi connectivity index (χ0) is 9.59. The van der Waals surface area contributed by atoms with Crippen molar-refractivity contribution in [1.29, 1.82) is 0 Å². The van der Waals surface area contributed by atoms with Crippen LogP contribution < -0.4 is 0 Å². The van der Waals surface area contributed by atoms with Gasteiger partial charge in [0, 0.05) is 5.56 Å². The van der Waals surface area contributed by atoms with E-state index in [0.29, 0.717) is 0 Å². The van der Waals surface area contributed by atoms with Crippen molar-refractivity contribution >= 4 is 0 Å². The van der Waals surface area contributed by atoms with Crippen LogP contribution in [-0.2, 0) is 0 Å². The molecule has 0 spiro atoms. The van der Waals surface area contributed by atoms with Gasteiger partial charge in [-0.25, -0.2) is 8.78 Å². The van der Waals surface area contributed by atoms with E-state index in [-0.39, 0.29) is 17.0 Å². The van der Waals surface area contributed by atoms with Crippen molar-refractivity contribution in [1.82, 2.24) is 0 Å². The van der Waals surface area contributed by atoms with Gasteiger partial charge in [-0.3, -0.25) is 0 Å². The second kappa shape index (κ2) is 2.69. The quantitative estimate of drug-likeness (QED) is 0.711. The molecular weight excluding hydrogens is 174 g/mol. The fourth-order valence-electron chi connectivity index (χ4n) is 1.49. The number of hydrogen-bond donors (Lipinski definition) is 1. The van der Waals surface area contributed by atoms with Crippen LogP contribution in [-0.4, -0.2) is 5.11 Å². The summed E-state index contributed by atoms with van der Waals surface area (Å²) < 4.78 is 26.6. The summed E-state index contributed by atoms with van der Waals surface area (Å²) in [6, 6.07) is 1.19. The van der Waals surface area contributed by atoms with Crippen molar-refractivity contribution in [2.75, 3.05) is 0 Å². The number of rotatable bonds is 1. The summed E-state index contributed by atoms with van der Waals surface area (Å²) in [5.41, 5.74) is 0.308. The molecule has 1 aromatic rings. The molecular formula is C10H10F2O. The van der Waals surface area contributed by atoms with Gasteiger partial charge in [-0.15, -0.1) is 0 Å². The first-order valence-electron chi connectivity index (χ1n) is 4.28. The summed E-state index contributed by atoms with van der Waals surface area (Å²) in [5.74, 6) is -1.75. The molecule has 0 atom stereocenters. The van der Waals surface area contributed by atoms with E-state index in [1.165, 1.54) is 13.0 Å². The van der Waals surface area contributed by atoms with Gasteiger partial charge in [-0.2, -0.15) is 0 Å².